The Hall–Kier alpha value is -1.80. The zero-order valence-corrected chi connectivity index (χ0v) is 11.9. The lowest BCUT2D eigenvalue weighted by molar-refractivity contribution is 0.104. The summed E-state index contributed by atoms with van der Waals surface area (Å²) >= 11 is 1.67. The third-order valence-electron chi connectivity index (χ3n) is 2.84. The van der Waals surface area contributed by atoms with Gasteiger partial charge in [-0.15, -0.1) is 11.8 Å². The lowest BCUT2D eigenvalue weighted by atomic mass is 10.1. The summed E-state index contributed by atoms with van der Waals surface area (Å²) in [6.45, 7) is 2.04. The molecular formula is C17H16OS. The van der Waals surface area contributed by atoms with Gasteiger partial charge in [-0.25, -0.2) is 0 Å². The summed E-state index contributed by atoms with van der Waals surface area (Å²) in [5.74, 6) is 0.0363. The van der Waals surface area contributed by atoms with E-state index in [9.17, 15) is 4.79 Å². The Kier molecular flexibility index (Phi) is 4.58. The Bertz CT molecular complexity index is 597. The molecule has 0 aromatic heterocycles. The number of aryl methyl sites for hydroxylation is 1. The summed E-state index contributed by atoms with van der Waals surface area (Å²) in [5, 5.41) is 0. The number of carbonyl (C=O) groups is 1. The van der Waals surface area contributed by atoms with Crippen molar-refractivity contribution in [2.45, 2.75) is 11.8 Å². The van der Waals surface area contributed by atoms with Crippen molar-refractivity contribution < 1.29 is 4.79 Å². The van der Waals surface area contributed by atoms with E-state index in [-0.39, 0.29) is 5.78 Å². The molecule has 0 spiro atoms. The number of hydrogen-bond acceptors (Lipinski definition) is 2. The molecule has 2 aromatic carbocycles. The number of hydrogen-bond donors (Lipinski definition) is 0. The van der Waals surface area contributed by atoms with Crippen molar-refractivity contribution in [1.29, 1.82) is 0 Å². The maximum Gasteiger partial charge on any atom is 0.185 e. The molecule has 0 fully saturated rings. The second-order valence-corrected chi connectivity index (χ2v) is 5.22. The standard InChI is InChI=1S/C17H16OS/c1-13-4-3-5-14(12-13)6-11-17(18)15-7-9-16(19-2)10-8-15/h3-12H,1-2H3/b11-6+. The van der Waals surface area contributed by atoms with Gasteiger partial charge in [-0.3, -0.25) is 4.79 Å². The normalized spacial score (nSPS) is 10.8. The number of allylic oxidation sites excluding steroid dienone is 1. The Labute approximate surface area is 118 Å². The first-order valence-corrected chi connectivity index (χ1v) is 7.34. The molecule has 0 saturated carbocycles. The molecule has 0 saturated heterocycles. The van der Waals surface area contributed by atoms with E-state index in [1.54, 1.807) is 17.8 Å². The van der Waals surface area contributed by atoms with Crippen molar-refractivity contribution in [3.8, 4) is 0 Å². The molecule has 2 heteroatoms. The van der Waals surface area contributed by atoms with Crippen LogP contribution in [-0.4, -0.2) is 12.0 Å². The van der Waals surface area contributed by atoms with Gasteiger partial charge in [-0.05, 0) is 49.1 Å². The third-order valence-corrected chi connectivity index (χ3v) is 3.59. The van der Waals surface area contributed by atoms with Crippen molar-refractivity contribution in [1.82, 2.24) is 0 Å². The molecule has 19 heavy (non-hydrogen) atoms. The summed E-state index contributed by atoms with van der Waals surface area (Å²) in [6.07, 6.45) is 5.51. The first kappa shape index (κ1) is 13.6. The van der Waals surface area contributed by atoms with Gasteiger partial charge in [0.2, 0.25) is 0 Å². The highest BCUT2D eigenvalue weighted by molar-refractivity contribution is 7.98. The largest absolute Gasteiger partial charge is 0.289 e. The predicted octanol–water partition coefficient (Wildman–Crippen LogP) is 4.61. The van der Waals surface area contributed by atoms with E-state index >= 15 is 0 Å². The molecule has 0 amide bonds. The molecule has 0 aliphatic rings. The summed E-state index contributed by atoms with van der Waals surface area (Å²) in [7, 11) is 0. The van der Waals surface area contributed by atoms with Gasteiger partial charge in [0, 0.05) is 10.5 Å². The highest BCUT2D eigenvalue weighted by atomic mass is 32.2. The molecule has 0 N–H and O–H groups in total. The van der Waals surface area contributed by atoms with Crippen LogP contribution in [0.15, 0.2) is 59.5 Å². The van der Waals surface area contributed by atoms with Crippen LogP contribution in [0.3, 0.4) is 0 Å². The Balaban J connectivity index is 2.11. The highest BCUT2D eigenvalue weighted by Gasteiger charge is 2.01. The third kappa shape index (κ3) is 3.83. The van der Waals surface area contributed by atoms with Crippen LogP contribution in [0.2, 0.25) is 0 Å². The molecule has 2 aromatic rings. The molecule has 0 radical (unpaired) electrons. The topological polar surface area (TPSA) is 17.1 Å². The second-order valence-electron chi connectivity index (χ2n) is 4.34. The lowest BCUT2D eigenvalue weighted by Crippen LogP contribution is -1.93. The van der Waals surface area contributed by atoms with Crippen LogP contribution in [-0.2, 0) is 0 Å². The molecule has 2 rings (SSSR count). The van der Waals surface area contributed by atoms with E-state index < -0.39 is 0 Å². The molecule has 1 nitrogen and oxygen atoms in total. The molecule has 0 aliphatic carbocycles. The van der Waals surface area contributed by atoms with Gasteiger partial charge >= 0.3 is 0 Å². The minimum atomic E-state index is 0.0363. The highest BCUT2D eigenvalue weighted by Crippen LogP contribution is 2.15. The average molecular weight is 268 g/mol. The van der Waals surface area contributed by atoms with Crippen LogP contribution in [0, 0.1) is 6.92 Å². The fourth-order valence-electron chi connectivity index (χ4n) is 1.80. The Morgan fingerprint density at radius 1 is 1.11 bits per heavy atom. The lowest BCUT2D eigenvalue weighted by Gasteiger charge is -1.99. The fourth-order valence-corrected chi connectivity index (χ4v) is 2.21. The molecule has 96 valence electrons. The van der Waals surface area contributed by atoms with E-state index in [0.29, 0.717) is 0 Å². The number of carbonyl (C=O) groups excluding carboxylic acids is 1. The summed E-state index contributed by atoms with van der Waals surface area (Å²) < 4.78 is 0. The van der Waals surface area contributed by atoms with Gasteiger partial charge in [0.1, 0.15) is 0 Å². The molecule has 0 atom stereocenters. The zero-order chi connectivity index (χ0) is 13.7. The van der Waals surface area contributed by atoms with Gasteiger partial charge in [0.05, 0.1) is 0 Å². The summed E-state index contributed by atoms with van der Waals surface area (Å²) in [6, 6.07) is 15.8. The molecule has 0 aliphatic heterocycles. The first-order valence-electron chi connectivity index (χ1n) is 6.12. The zero-order valence-electron chi connectivity index (χ0n) is 11.1. The second kappa shape index (κ2) is 6.39. The van der Waals surface area contributed by atoms with Crippen LogP contribution in [0.4, 0.5) is 0 Å². The smallest absolute Gasteiger partial charge is 0.185 e. The number of benzene rings is 2. The van der Waals surface area contributed by atoms with Crippen molar-refractivity contribution >= 4 is 23.6 Å². The van der Waals surface area contributed by atoms with Crippen molar-refractivity contribution in [3.63, 3.8) is 0 Å². The van der Waals surface area contributed by atoms with E-state index in [1.165, 1.54) is 10.5 Å². The van der Waals surface area contributed by atoms with Crippen molar-refractivity contribution in [2.24, 2.45) is 0 Å². The Morgan fingerprint density at radius 2 is 1.84 bits per heavy atom. The van der Waals surface area contributed by atoms with Gasteiger partial charge < -0.3 is 0 Å². The van der Waals surface area contributed by atoms with Crippen LogP contribution in [0.5, 0.6) is 0 Å². The molecule has 0 heterocycles. The number of thioether (sulfide) groups is 1. The van der Waals surface area contributed by atoms with Crippen LogP contribution < -0.4 is 0 Å². The van der Waals surface area contributed by atoms with E-state index in [4.69, 9.17) is 0 Å². The summed E-state index contributed by atoms with van der Waals surface area (Å²) in [5.41, 5.74) is 2.97. The Morgan fingerprint density at radius 3 is 2.47 bits per heavy atom. The summed E-state index contributed by atoms with van der Waals surface area (Å²) in [4.78, 5) is 13.2. The molecule has 0 unspecified atom stereocenters. The monoisotopic (exact) mass is 268 g/mol. The molecular weight excluding hydrogens is 252 g/mol. The SMILES string of the molecule is CSc1ccc(C(=O)/C=C/c2cccc(C)c2)cc1. The van der Waals surface area contributed by atoms with Crippen molar-refractivity contribution in [2.75, 3.05) is 6.26 Å². The maximum absolute atomic E-state index is 12.0. The van der Waals surface area contributed by atoms with Crippen LogP contribution in [0.1, 0.15) is 21.5 Å². The molecule has 0 bridgehead atoms. The van der Waals surface area contributed by atoms with Crippen LogP contribution in [0.25, 0.3) is 6.08 Å². The minimum Gasteiger partial charge on any atom is -0.289 e. The first-order chi connectivity index (χ1) is 9.19. The maximum atomic E-state index is 12.0. The fraction of sp³-hybridized carbons (Fsp3) is 0.118. The van der Waals surface area contributed by atoms with Gasteiger partial charge in [-0.2, -0.15) is 0 Å². The van der Waals surface area contributed by atoms with E-state index in [0.717, 1.165) is 11.1 Å². The number of ketones is 1. The van der Waals surface area contributed by atoms with Crippen LogP contribution >= 0.6 is 11.8 Å². The van der Waals surface area contributed by atoms with Gasteiger partial charge in [0.15, 0.2) is 5.78 Å². The minimum absolute atomic E-state index is 0.0363. The predicted molar refractivity (Wildman–Crippen MR) is 82.8 cm³/mol. The van der Waals surface area contributed by atoms with Gasteiger partial charge in [0.25, 0.3) is 0 Å². The van der Waals surface area contributed by atoms with Gasteiger partial charge in [-0.1, -0.05) is 35.9 Å². The van der Waals surface area contributed by atoms with Crippen molar-refractivity contribution in [3.05, 3.63) is 71.3 Å². The van der Waals surface area contributed by atoms with E-state index in [1.807, 2.05) is 61.7 Å². The average Bonchev–Trinajstić information content (AvgIpc) is 2.45. The number of rotatable bonds is 4. The van der Waals surface area contributed by atoms with E-state index in [2.05, 4.69) is 6.07 Å². The quantitative estimate of drug-likeness (QED) is 0.457.